The van der Waals surface area contributed by atoms with Crippen molar-refractivity contribution in [2.45, 2.75) is 0 Å². The smallest absolute Gasteiger partial charge is 0.272 e. The first-order valence-electron chi connectivity index (χ1n) is 9.76. The molecule has 0 spiro atoms. The standard InChI is InChI=1S/C21H16ClFN6O2S/c22-12-2-1-3-13(23)17(12)20-27-14-4-5-24-19(18(14)32-20)28-16-10-15(25-11-26-16)21(30)29-6-8-31-9-7-29/h1-5,10-11H,6-9H2,(H,24,25,26,28). The van der Waals surface area contributed by atoms with Crippen LogP contribution in [0.25, 0.3) is 20.8 Å². The summed E-state index contributed by atoms with van der Waals surface area (Å²) >= 11 is 7.47. The van der Waals surface area contributed by atoms with Gasteiger partial charge in [0.2, 0.25) is 0 Å². The highest BCUT2D eigenvalue weighted by atomic mass is 35.5. The van der Waals surface area contributed by atoms with E-state index in [0.717, 1.165) is 0 Å². The normalized spacial score (nSPS) is 14.0. The molecule has 32 heavy (non-hydrogen) atoms. The summed E-state index contributed by atoms with van der Waals surface area (Å²) < 4.78 is 20.4. The average Bonchev–Trinajstić information content (AvgIpc) is 3.24. The lowest BCUT2D eigenvalue weighted by Crippen LogP contribution is -2.41. The van der Waals surface area contributed by atoms with Gasteiger partial charge in [-0.25, -0.2) is 24.3 Å². The van der Waals surface area contributed by atoms with Crippen molar-refractivity contribution in [1.29, 1.82) is 0 Å². The largest absolute Gasteiger partial charge is 0.378 e. The van der Waals surface area contributed by atoms with Gasteiger partial charge in [-0.3, -0.25) is 4.79 Å². The van der Waals surface area contributed by atoms with Crippen molar-refractivity contribution < 1.29 is 13.9 Å². The maximum atomic E-state index is 14.4. The number of aromatic nitrogens is 4. The zero-order valence-electron chi connectivity index (χ0n) is 16.6. The molecule has 1 aliphatic rings. The Morgan fingerprint density at radius 2 is 2.03 bits per heavy atom. The average molecular weight is 471 g/mol. The Kier molecular flexibility index (Phi) is 5.64. The fourth-order valence-corrected chi connectivity index (χ4v) is 4.72. The van der Waals surface area contributed by atoms with Crippen LogP contribution >= 0.6 is 22.9 Å². The number of thiazole rings is 1. The highest BCUT2D eigenvalue weighted by Gasteiger charge is 2.21. The molecule has 4 heterocycles. The van der Waals surface area contributed by atoms with Crippen LogP contribution in [0, 0.1) is 5.82 Å². The van der Waals surface area contributed by atoms with Gasteiger partial charge in [0.1, 0.15) is 28.7 Å². The van der Waals surface area contributed by atoms with Gasteiger partial charge in [0, 0.05) is 25.4 Å². The van der Waals surface area contributed by atoms with Crippen LogP contribution in [0.3, 0.4) is 0 Å². The molecule has 0 bridgehead atoms. The van der Waals surface area contributed by atoms with E-state index < -0.39 is 5.82 Å². The van der Waals surface area contributed by atoms with Gasteiger partial charge < -0.3 is 15.0 Å². The molecule has 4 aromatic rings. The predicted molar refractivity (Wildman–Crippen MR) is 120 cm³/mol. The van der Waals surface area contributed by atoms with Gasteiger partial charge in [0.15, 0.2) is 5.82 Å². The molecule has 162 valence electrons. The molecular formula is C21H16ClFN6O2S. The number of benzene rings is 1. The second-order valence-electron chi connectivity index (χ2n) is 6.94. The van der Waals surface area contributed by atoms with E-state index in [2.05, 4.69) is 25.3 Å². The van der Waals surface area contributed by atoms with Gasteiger partial charge in [0.05, 0.1) is 34.0 Å². The fraction of sp³-hybridized carbons (Fsp3) is 0.190. The van der Waals surface area contributed by atoms with Crippen LogP contribution in [0.4, 0.5) is 16.0 Å². The molecule has 1 aromatic carbocycles. The number of fused-ring (bicyclic) bond motifs is 1. The predicted octanol–water partition coefficient (Wildman–Crippen LogP) is 4.16. The summed E-state index contributed by atoms with van der Waals surface area (Å²) in [6, 6.07) is 7.83. The molecule has 0 radical (unpaired) electrons. The Morgan fingerprint density at radius 3 is 2.84 bits per heavy atom. The first-order chi connectivity index (χ1) is 15.6. The number of amides is 1. The van der Waals surface area contributed by atoms with Crippen LogP contribution in [0.5, 0.6) is 0 Å². The van der Waals surface area contributed by atoms with Crippen molar-refractivity contribution in [2.24, 2.45) is 0 Å². The molecule has 1 amide bonds. The van der Waals surface area contributed by atoms with E-state index >= 15 is 0 Å². The molecule has 0 atom stereocenters. The van der Waals surface area contributed by atoms with Crippen LogP contribution in [-0.2, 0) is 4.74 Å². The first-order valence-corrected chi connectivity index (χ1v) is 11.0. The summed E-state index contributed by atoms with van der Waals surface area (Å²) in [6.45, 7) is 2.06. The van der Waals surface area contributed by atoms with Gasteiger partial charge in [0.25, 0.3) is 5.91 Å². The third kappa shape index (κ3) is 3.99. The number of carbonyl (C=O) groups is 1. The lowest BCUT2D eigenvalue weighted by atomic mass is 10.2. The number of halogens is 2. The van der Waals surface area contributed by atoms with E-state index in [4.69, 9.17) is 16.3 Å². The van der Waals surface area contributed by atoms with Gasteiger partial charge in [-0.05, 0) is 18.2 Å². The number of nitrogens with zero attached hydrogens (tertiary/aromatic N) is 5. The Bertz CT molecular complexity index is 1290. The van der Waals surface area contributed by atoms with Crippen LogP contribution in [0.1, 0.15) is 10.5 Å². The number of morpholine rings is 1. The Balaban J connectivity index is 1.46. The number of rotatable bonds is 4. The molecule has 1 saturated heterocycles. The van der Waals surface area contributed by atoms with E-state index in [1.165, 1.54) is 23.7 Å². The summed E-state index contributed by atoms with van der Waals surface area (Å²) in [5, 5.41) is 3.86. The van der Waals surface area contributed by atoms with E-state index in [1.54, 1.807) is 35.4 Å². The van der Waals surface area contributed by atoms with E-state index in [1.807, 2.05) is 0 Å². The lowest BCUT2D eigenvalue weighted by Gasteiger charge is -2.26. The molecule has 0 aliphatic carbocycles. The Morgan fingerprint density at radius 1 is 1.19 bits per heavy atom. The summed E-state index contributed by atoms with van der Waals surface area (Å²) in [5.41, 5.74) is 1.17. The topological polar surface area (TPSA) is 93.1 Å². The van der Waals surface area contributed by atoms with Crippen molar-refractivity contribution in [1.82, 2.24) is 24.8 Å². The van der Waals surface area contributed by atoms with Crippen LogP contribution in [0.15, 0.2) is 42.9 Å². The zero-order valence-corrected chi connectivity index (χ0v) is 18.2. The number of hydrogen-bond donors (Lipinski definition) is 1. The van der Waals surface area contributed by atoms with E-state index in [-0.39, 0.29) is 22.2 Å². The number of nitrogens with one attached hydrogen (secondary N) is 1. The maximum Gasteiger partial charge on any atom is 0.272 e. The van der Waals surface area contributed by atoms with Crippen molar-refractivity contribution >= 4 is 50.7 Å². The zero-order chi connectivity index (χ0) is 22.1. The van der Waals surface area contributed by atoms with Gasteiger partial charge in [-0.15, -0.1) is 11.3 Å². The number of ether oxygens (including phenoxy) is 1. The Labute approximate surface area is 191 Å². The van der Waals surface area contributed by atoms with Crippen molar-refractivity contribution in [2.75, 3.05) is 31.6 Å². The summed E-state index contributed by atoms with van der Waals surface area (Å²) in [7, 11) is 0. The molecule has 3 aromatic heterocycles. The molecule has 1 N–H and O–H groups in total. The number of anilines is 2. The molecule has 0 unspecified atom stereocenters. The summed E-state index contributed by atoms with van der Waals surface area (Å²) in [4.78, 5) is 31.6. The molecular weight excluding hydrogens is 455 g/mol. The van der Waals surface area contributed by atoms with Crippen molar-refractivity contribution in [3.05, 3.63) is 59.4 Å². The minimum Gasteiger partial charge on any atom is -0.378 e. The molecule has 1 fully saturated rings. The number of pyridine rings is 1. The molecule has 8 nitrogen and oxygen atoms in total. The molecule has 11 heteroatoms. The quantitative estimate of drug-likeness (QED) is 0.478. The van der Waals surface area contributed by atoms with Gasteiger partial charge >= 0.3 is 0 Å². The van der Waals surface area contributed by atoms with E-state index in [9.17, 15) is 9.18 Å². The third-order valence-electron chi connectivity index (χ3n) is 4.91. The summed E-state index contributed by atoms with van der Waals surface area (Å²) in [6.07, 6.45) is 2.92. The van der Waals surface area contributed by atoms with Crippen LogP contribution < -0.4 is 5.32 Å². The van der Waals surface area contributed by atoms with Gasteiger partial charge in [-0.2, -0.15) is 0 Å². The van der Waals surface area contributed by atoms with Crippen molar-refractivity contribution in [3.8, 4) is 10.6 Å². The van der Waals surface area contributed by atoms with Crippen LogP contribution in [0.2, 0.25) is 5.02 Å². The Hall–Kier alpha value is -3.21. The number of hydrogen-bond acceptors (Lipinski definition) is 8. The molecule has 5 rings (SSSR count). The summed E-state index contributed by atoms with van der Waals surface area (Å²) in [5.74, 6) is 0.276. The lowest BCUT2D eigenvalue weighted by molar-refractivity contribution is 0.0299. The van der Waals surface area contributed by atoms with E-state index in [0.29, 0.717) is 53.2 Å². The monoisotopic (exact) mass is 470 g/mol. The second-order valence-corrected chi connectivity index (χ2v) is 8.35. The third-order valence-corrected chi connectivity index (χ3v) is 6.32. The molecule has 0 saturated carbocycles. The number of carbonyl (C=O) groups excluding carboxylic acids is 1. The SMILES string of the molecule is O=C(c1cc(Nc2nccc3nc(-c4c(F)cccc4Cl)sc23)ncn1)N1CCOCC1. The minimum atomic E-state index is -0.443. The first kappa shape index (κ1) is 20.7. The molecule has 1 aliphatic heterocycles. The maximum absolute atomic E-state index is 14.4. The minimum absolute atomic E-state index is 0.181. The highest BCUT2D eigenvalue weighted by molar-refractivity contribution is 7.22. The van der Waals surface area contributed by atoms with Crippen LogP contribution in [-0.4, -0.2) is 57.0 Å². The fourth-order valence-electron chi connectivity index (χ4n) is 3.35. The second kappa shape index (κ2) is 8.73. The van der Waals surface area contributed by atoms with Gasteiger partial charge in [-0.1, -0.05) is 17.7 Å². The van der Waals surface area contributed by atoms with Crippen molar-refractivity contribution in [3.63, 3.8) is 0 Å². The highest BCUT2D eigenvalue weighted by Crippen LogP contribution is 2.38.